The van der Waals surface area contributed by atoms with Crippen LogP contribution >= 0.6 is 22.9 Å². The molecule has 2 aliphatic rings. The van der Waals surface area contributed by atoms with E-state index in [9.17, 15) is 8.42 Å². The number of rotatable bonds is 4. The predicted octanol–water partition coefficient (Wildman–Crippen LogP) is 3.34. The minimum Gasteiger partial charge on any atom is -0.348 e. The summed E-state index contributed by atoms with van der Waals surface area (Å²) in [5.74, 6) is 0. The van der Waals surface area contributed by atoms with Gasteiger partial charge in [0, 0.05) is 31.2 Å². The Labute approximate surface area is 151 Å². The summed E-state index contributed by atoms with van der Waals surface area (Å²) in [6.45, 7) is 1.67. The van der Waals surface area contributed by atoms with E-state index in [-0.39, 0.29) is 11.3 Å². The molecule has 0 atom stereocenters. The highest BCUT2D eigenvalue weighted by molar-refractivity contribution is 7.90. The summed E-state index contributed by atoms with van der Waals surface area (Å²) in [5, 5.41) is 1.59. The second-order valence-corrected chi connectivity index (χ2v) is 10.3. The standard InChI is InChI=1S/C16H20ClN3O2S2/c1-19(24(21,22)13-3-4-13)12-6-8-20(9-7-12)16-18-14-5-2-11(17)10-15(14)23-16/h2,5,10,12-13H,3-4,6-9H2,1H3. The zero-order valence-corrected chi connectivity index (χ0v) is 15.9. The van der Waals surface area contributed by atoms with Crippen LogP contribution in [0.15, 0.2) is 18.2 Å². The molecule has 8 heteroatoms. The van der Waals surface area contributed by atoms with Gasteiger partial charge in [0.2, 0.25) is 10.0 Å². The van der Waals surface area contributed by atoms with Gasteiger partial charge in [-0.05, 0) is 43.9 Å². The van der Waals surface area contributed by atoms with Crippen LogP contribution < -0.4 is 4.90 Å². The van der Waals surface area contributed by atoms with Gasteiger partial charge in [-0.2, -0.15) is 0 Å². The van der Waals surface area contributed by atoms with E-state index in [1.807, 2.05) is 18.2 Å². The van der Waals surface area contributed by atoms with Crippen molar-refractivity contribution in [1.29, 1.82) is 0 Å². The summed E-state index contributed by atoms with van der Waals surface area (Å²) in [6.07, 6.45) is 3.33. The Morgan fingerprint density at radius 3 is 2.62 bits per heavy atom. The predicted molar refractivity (Wildman–Crippen MR) is 99.6 cm³/mol. The zero-order chi connectivity index (χ0) is 16.9. The third kappa shape index (κ3) is 3.03. The van der Waals surface area contributed by atoms with Crippen molar-refractivity contribution in [2.45, 2.75) is 37.0 Å². The van der Waals surface area contributed by atoms with Crippen molar-refractivity contribution >= 4 is 48.3 Å². The average Bonchev–Trinajstić information content (AvgIpc) is 3.35. The molecule has 1 aliphatic carbocycles. The van der Waals surface area contributed by atoms with Crippen LogP contribution in [-0.4, -0.2) is 49.1 Å². The number of halogens is 1. The van der Waals surface area contributed by atoms with Crippen molar-refractivity contribution in [2.75, 3.05) is 25.0 Å². The molecule has 24 heavy (non-hydrogen) atoms. The first-order valence-electron chi connectivity index (χ1n) is 8.23. The molecule has 5 nitrogen and oxygen atoms in total. The van der Waals surface area contributed by atoms with Crippen molar-refractivity contribution in [3.05, 3.63) is 23.2 Å². The van der Waals surface area contributed by atoms with Gasteiger partial charge in [0.1, 0.15) is 0 Å². The topological polar surface area (TPSA) is 53.5 Å². The number of hydrogen-bond donors (Lipinski definition) is 0. The number of fused-ring (bicyclic) bond motifs is 1. The lowest BCUT2D eigenvalue weighted by molar-refractivity contribution is 0.311. The lowest BCUT2D eigenvalue weighted by Gasteiger charge is -2.36. The van der Waals surface area contributed by atoms with Crippen LogP contribution in [0.2, 0.25) is 5.02 Å². The van der Waals surface area contributed by atoms with Gasteiger partial charge in [-0.15, -0.1) is 0 Å². The van der Waals surface area contributed by atoms with Crippen LogP contribution in [0.25, 0.3) is 10.2 Å². The van der Waals surface area contributed by atoms with Gasteiger partial charge in [-0.1, -0.05) is 22.9 Å². The van der Waals surface area contributed by atoms with Gasteiger partial charge in [-0.25, -0.2) is 17.7 Å². The van der Waals surface area contributed by atoms with Gasteiger partial charge >= 0.3 is 0 Å². The van der Waals surface area contributed by atoms with Crippen LogP contribution in [-0.2, 0) is 10.0 Å². The zero-order valence-electron chi connectivity index (χ0n) is 13.5. The highest BCUT2D eigenvalue weighted by atomic mass is 35.5. The van der Waals surface area contributed by atoms with E-state index >= 15 is 0 Å². The lowest BCUT2D eigenvalue weighted by atomic mass is 10.1. The van der Waals surface area contributed by atoms with E-state index in [0.717, 1.165) is 59.1 Å². The average molecular weight is 386 g/mol. The van der Waals surface area contributed by atoms with Gasteiger partial charge in [0.05, 0.1) is 15.5 Å². The molecule has 130 valence electrons. The molecule has 2 heterocycles. The Bertz CT molecular complexity index is 855. The van der Waals surface area contributed by atoms with Crippen molar-refractivity contribution in [1.82, 2.24) is 9.29 Å². The summed E-state index contributed by atoms with van der Waals surface area (Å²) < 4.78 is 27.5. The van der Waals surface area contributed by atoms with E-state index in [0.29, 0.717) is 0 Å². The fourth-order valence-electron chi connectivity index (χ4n) is 3.25. The molecule has 0 spiro atoms. The summed E-state index contributed by atoms with van der Waals surface area (Å²) in [4.78, 5) is 6.94. The first-order chi connectivity index (χ1) is 11.4. The number of hydrogen-bond acceptors (Lipinski definition) is 5. The molecule has 0 N–H and O–H groups in total. The molecule has 1 saturated heterocycles. The first-order valence-corrected chi connectivity index (χ1v) is 10.9. The fraction of sp³-hybridized carbons (Fsp3) is 0.562. The van der Waals surface area contributed by atoms with E-state index in [4.69, 9.17) is 11.6 Å². The quantitative estimate of drug-likeness (QED) is 0.809. The second kappa shape index (κ2) is 6.12. The molecule has 1 aliphatic heterocycles. The lowest BCUT2D eigenvalue weighted by Crippen LogP contribution is -2.46. The second-order valence-electron chi connectivity index (χ2n) is 6.59. The maximum Gasteiger partial charge on any atom is 0.216 e. The maximum absolute atomic E-state index is 12.4. The van der Waals surface area contributed by atoms with Crippen molar-refractivity contribution < 1.29 is 8.42 Å². The smallest absolute Gasteiger partial charge is 0.216 e. The molecule has 4 rings (SSSR count). The maximum atomic E-state index is 12.4. The van der Waals surface area contributed by atoms with Gasteiger partial charge in [0.15, 0.2) is 5.13 Å². The molecule has 0 radical (unpaired) electrons. The van der Waals surface area contributed by atoms with Crippen molar-refractivity contribution in [3.8, 4) is 0 Å². The summed E-state index contributed by atoms with van der Waals surface area (Å²) in [6, 6.07) is 5.86. The molecule has 2 aromatic rings. The number of thiazole rings is 1. The van der Waals surface area contributed by atoms with Crippen molar-refractivity contribution in [3.63, 3.8) is 0 Å². The fourth-order valence-corrected chi connectivity index (χ4v) is 6.37. The largest absolute Gasteiger partial charge is 0.348 e. The van der Waals surface area contributed by atoms with Gasteiger partial charge in [0.25, 0.3) is 0 Å². The van der Waals surface area contributed by atoms with Crippen molar-refractivity contribution in [2.24, 2.45) is 0 Å². The Morgan fingerprint density at radius 1 is 1.25 bits per heavy atom. The number of nitrogens with zero attached hydrogens (tertiary/aromatic N) is 3. The molecule has 1 saturated carbocycles. The minimum atomic E-state index is -3.09. The number of piperidine rings is 1. The number of aromatic nitrogens is 1. The molecule has 0 amide bonds. The monoisotopic (exact) mass is 385 g/mol. The van der Waals surface area contributed by atoms with Crippen LogP contribution in [0.1, 0.15) is 25.7 Å². The Hall–Kier alpha value is -0.890. The summed E-state index contributed by atoms with van der Waals surface area (Å²) in [5.41, 5.74) is 0.968. The molecule has 1 aromatic heterocycles. The minimum absolute atomic E-state index is 0.107. The van der Waals surface area contributed by atoms with Crippen LogP contribution in [0.4, 0.5) is 5.13 Å². The Kier molecular flexibility index (Phi) is 4.23. The van der Waals surface area contributed by atoms with Crippen LogP contribution in [0, 0.1) is 0 Å². The molecule has 1 aromatic carbocycles. The summed E-state index contributed by atoms with van der Waals surface area (Å²) in [7, 11) is -1.34. The van der Waals surface area contributed by atoms with E-state index in [2.05, 4.69) is 9.88 Å². The molecule has 2 fully saturated rings. The molecular weight excluding hydrogens is 366 g/mol. The third-order valence-corrected chi connectivity index (χ3v) is 8.66. The number of benzene rings is 1. The highest BCUT2D eigenvalue weighted by Gasteiger charge is 2.41. The van der Waals surface area contributed by atoms with E-state index in [1.165, 1.54) is 0 Å². The number of anilines is 1. The first kappa shape index (κ1) is 16.6. The highest BCUT2D eigenvalue weighted by Crippen LogP contribution is 2.35. The van der Waals surface area contributed by atoms with Gasteiger partial charge in [-0.3, -0.25) is 0 Å². The molecular formula is C16H20ClN3O2S2. The van der Waals surface area contributed by atoms with Crippen LogP contribution in [0.5, 0.6) is 0 Å². The molecule has 0 unspecified atom stereocenters. The van der Waals surface area contributed by atoms with E-state index in [1.54, 1.807) is 22.7 Å². The Morgan fingerprint density at radius 2 is 1.96 bits per heavy atom. The van der Waals surface area contributed by atoms with Crippen LogP contribution in [0.3, 0.4) is 0 Å². The summed E-state index contributed by atoms with van der Waals surface area (Å²) >= 11 is 7.69. The number of sulfonamides is 1. The Balaban J connectivity index is 1.45. The normalized spacial score (nSPS) is 20.2. The van der Waals surface area contributed by atoms with E-state index < -0.39 is 10.0 Å². The van der Waals surface area contributed by atoms with Gasteiger partial charge < -0.3 is 4.90 Å². The SMILES string of the molecule is CN(C1CCN(c2nc3ccc(Cl)cc3s2)CC1)S(=O)(=O)C1CC1. The molecule has 0 bridgehead atoms. The third-order valence-electron chi connectivity index (χ3n) is 4.94.